The molecule has 0 saturated carbocycles. The number of piperidine rings is 1. The molecule has 26 heavy (non-hydrogen) atoms. The molecule has 0 spiro atoms. The van der Waals surface area contributed by atoms with Gasteiger partial charge in [0.1, 0.15) is 5.75 Å². The number of carbonyl (C=O) groups excluding carboxylic acids is 1. The summed E-state index contributed by atoms with van der Waals surface area (Å²) in [5.74, 6) is 1.90. The van der Waals surface area contributed by atoms with Crippen molar-refractivity contribution in [3.63, 3.8) is 0 Å². The van der Waals surface area contributed by atoms with Crippen LogP contribution in [-0.4, -0.2) is 24.0 Å². The molecule has 2 aromatic carbocycles. The molecule has 1 fully saturated rings. The number of hydrogen-bond acceptors (Lipinski definition) is 3. The molecular weight excluding hydrogens is 322 g/mol. The molecule has 3 rings (SSSR count). The van der Waals surface area contributed by atoms with Crippen molar-refractivity contribution in [2.24, 2.45) is 17.8 Å². The molecule has 2 unspecified atom stereocenters. The first-order chi connectivity index (χ1) is 12.5. The van der Waals surface area contributed by atoms with E-state index in [0.29, 0.717) is 29.9 Å². The second kappa shape index (κ2) is 8.39. The van der Waals surface area contributed by atoms with Crippen LogP contribution in [0.25, 0.3) is 0 Å². The molecule has 1 N–H and O–H groups in total. The number of aromatic hydroxyl groups is 1. The number of anilines is 1. The van der Waals surface area contributed by atoms with E-state index >= 15 is 0 Å². The lowest BCUT2D eigenvalue weighted by Gasteiger charge is -2.39. The SMILES string of the molecule is CC(C)C(CC(=O)c1ccccc1)C1CCCN(c2cccc(O)c2)C1. The molecule has 0 aliphatic carbocycles. The lowest BCUT2D eigenvalue weighted by atomic mass is 9.75. The molecule has 1 saturated heterocycles. The van der Waals surface area contributed by atoms with Gasteiger partial charge in [-0.05, 0) is 42.7 Å². The lowest BCUT2D eigenvalue weighted by molar-refractivity contribution is 0.0910. The molecule has 0 bridgehead atoms. The number of phenols is 1. The molecule has 0 aromatic heterocycles. The highest BCUT2D eigenvalue weighted by Gasteiger charge is 2.31. The van der Waals surface area contributed by atoms with Gasteiger partial charge in [-0.15, -0.1) is 0 Å². The van der Waals surface area contributed by atoms with Gasteiger partial charge in [0.2, 0.25) is 0 Å². The normalized spacial score (nSPS) is 18.7. The van der Waals surface area contributed by atoms with Crippen LogP contribution < -0.4 is 4.90 Å². The first kappa shape index (κ1) is 18.5. The van der Waals surface area contributed by atoms with Crippen LogP contribution in [0.5, 0.6) is 5.75 Å². The quantitative estimate of drug-likeness (QED) is 0.731. The van der Waals surface area contributed by atoms with Gasteiger partial charge in [-0.2, -0.15) is 0 Å². The Morgan fingerprint density at radius 3 is 2.62 bits per heavy atom. The Kier molecular flexibility index (Phi) is 5.97. The van der Waals surface area contributed by atoms with Crippen molar-refractivity contribution >= 4 is 11.5 Å². The number of carbonyl (C=O) groups is 1. The van der Waals surface area contributed by atoms with Crippen LogP contribution >= 0.6 is 0 Å². The molecule has 3 nitrogen and oxygen atoms in total. The van der Waals surface area contributed by atoms with Gasteiger partial charge in [0.25, 0.3) is 0 Å². The molecule has 2 atom stereocenters. The van der Waals surface area contributed by atoms with Crippen molar-refractivity contribution in [1.29, 1.82) is 0 Å². The van der Waals surface area contributed by atoms with Gasteiger partial charge in [0.15, 0.2) is 5.78 Å². The minimum Gasteiger partial charge on any atom is -0.508 e. The monoisotopic (exact) mass is 351 g/mol. The third-order valence-electron chi connectivity index (χ3n) is 5.63. The minimum absolute atomic E-state index is 0.249. The van der Waals surface area contributed by atoms with Gasteiger partial charge in [0, 0.05) is 36.8 Å². The number of benzene rings is 2. The predicted molar refractivity (Wildman–Crippen MR) is 107 cm³/mol. The maximum atomic E-state index is 12.8. The number of ketones is 1. The Labute approximate surface area is 156 Å². The summed E-state index contributed by atoms with van der Waals surface area (Å²) in [4.78, 5) is 15.1. The summed E-state index contributed by atoms with van der Waals surface area (Å²) in [6.07, 6.45) is 2.91. The molecule has 1 aliphatic heterocycles. The van der Waals surface area contributed by atoms with E-state index in [1.807, 2.05) is 42.5 Å². The predicted octanol–water partition coefficient (Wildman–Crippen LogP) is 5.15. The first-order valence-corrected chi connectivity index (χ1v) is 9.67. The van der Waals surface area contributed by atoms with Crippen LogP contribution in [0.2, 0.25) is 0 Å². The van der Waals surface area contributed by atoms with Crippen LogP contribution in [0.4, 0.5) is 5.69 Å². The Balaban J connectivity index is 1.72. The van der Waals surface area contributed by atoms with Crippen molar-refractivity contribution in [2.75, 3.05) is 18.0 Å². The van der Waals surface area contributed by atoms with E-state index in [1.165, 1.54) is 6.42 Å². The highest BCUT2D eigenvalue weighted by atomic mass is 16.3. The standard InChI is InChI=1S/C23H29NO2/c1-17(2)22(15-23(26)18-8-4-3-5-9-18)19-10-7-13-24(16-19)20-11-6-12-21(25)14-20/h3-6,8-9,11-12,14,17,19,22,25H,7,10,13,15-16H2,1-2H3. The summed E-state index contributed by atoms with van der Waals surface area (Å²) in [6.45, 7) is 6.43. The number of Topliss-reactive ketones (excluding diaryl/α,β-unsaturated/α-hetero) is 1. The smallest absolute Gasteiger partial charge is 0.163 e. The van der Waals surface area contributed by atoms with Gasteiger partial charge in [-0.3, -0.25) is 4.79 Å². The van der Waals surface area contributed by atoms with Crippen molar-refractivity contribution in [2.45, 2.75) is 33.1 Å². The number of nitrogens with zero attached hydrogens (tertiary/aromatic N) is 1. The van der Waals surface area contributed by atoms with Crippen molar-refractivity contribution in [3.05, 3.63) is 60.2 Å². The summed E-state index contributed by atoms with van der Waals surface area (Å²) in [5, 5.41) is 9.78. The highest BCUT2D eigenvalue weighted by molar-refractivity contribution is 5.96. The molecule has 1 aliphatic rings. The molecule has 0 radical (unpaired) electrons. The zero-order valence-electron chi connectivity index (χ0n) is 15.8. The first-order valence-electron chi connectivity index (χ1n) is 9.67. The van der Waals surface area contributed by atoms with Crippen molar-refractivity contribution in [3.8, 4) is 5.75 Å². The minimum atomic E-state index is 0.249. The van der Waals surface area contributed by atoms with E-state index in [9.17, 15) is 9.90 Å². The van der Waals surface area contributed by atoms with Crippen LogP contribution in [0.3, 0.4) is 0 Å². The van der Waals surface area contributed by atoms with Crippen LogP contribution in [0.15, 0.2) is 54.6 Å². The summed E-state index contributed by atoms with van der Waals surface area (Å²) in [5.41, 5.74) is 1.89. The third-order valence-corrected chi connectivity index (χ3v) is 5.63. The topological polar surface area (TPSA) is 40.5 Å². The summed E-state index contributed by atoms with van der Waals surface area (Å²) >= 11 is 0. The average molecular weight is 351 g/mol. The van der Waals surface area contributed by atoms with Gasteiger partial charge in [0.05, 0.1) is 0 Å². The maximum Gasteiger partial charge on any atom is 0.163 e. The number of phenolic OH excluding ortho intramolecular Hbond substituents is 1. The van der Waals surface area contributed by atoms with Crippen molar-refractivity contribution < 1.29 is 9.90 Å². The van der Waals surface area contributed by atoms with Crippen molar-refractivity contribution in [1.82, 2.24) is 0 Å². The number of hydrogen-bond donors (Lipinski definition) is 1. The van der Waals surface area contributed by atoms with Crippen LogP contribution in [-0.2, 0) is 0 Å². The zero-order chi connectivity index (χ0) is 18.5. The maximum absolute atomic E-state index is 12.8. The fourth-order valence-corrected chi connectivity index (χ4v) is 4.19. The Morgan fingerprint density at radius 2 is 1.92 bits per heavy atom. The second-order valence-corrected chi connectivity index (χ2v) is 7.77. The van der Waals surface area contributed by atoms with Crippen LogP contribution in [0.1, 0.15) is 43.5 Å². The number of rotatable bonds is 6. The molecule has 138 valence electrons. The van der Waals surface area contributed by atoms with E-state index in [-0.39, 0.29) is 5.78 Å². The zero-order valence-corrected chi connectivity index (χ0v) is 15.8. The van der Waals surface area contributed by atoms with Crippen LogP contribution in [0, 0.1) is 17.8 Å². The van der Waals surface area contributed by atoms with E-state index < -0.39 is 0 Å². The average Bonchev–Trinajstić information content (AvgIpc) is 2.66. The van der Waals surface area contributed by atoms with E-state index in [1.54, 1.807) is 6.07 Å². The summed E-state index contributed by atoms with van der Waals surface area (Å²) in [7, 11) is 0. The summed E-state index contributed by atoms with van der Waals surface area (Å²) < 4.78 is 0. The van der Waals surface area contributed by atoms with Gasteiger partial charge >= 0.3 is 0 Å². The Hall–Kier alpha value is -2.29. The fraction of sp³-hybridized carbons (Fsp3) is 0.435. The van der Waals surface area contributed by atoms with Gasteiger partial charge < -0.3 is 10.0 Å². The van der Waals surface area contributed by atoms with Gasteiger partial charge in [-0.25, -0.2) is 0 Å². The van der Waals surface area contributed by atoms with E-state index in [2.05, 4.69) is 24.8 Å². The third kappa shape index (κ3) is 4.46. The Bertz CT molecular complexity index is 726. The molecule has 1 heterocycles. The second-order valence-electron chi connectivity index (χ2n) is 7.77. The Morgan fingerprint density at radius 1 is 1.15 bits per heavy atom. The molecule has 2 aromatic rings. The largest absolute Gasteiger partial charge is 0.508 e. The highest BCUT2D eigenvalue weighted by Crippen LogP contribution is 2.35. The van der Waals surface area contributed by atoms with E-state index in [0.717, 1.165) is 30.8 Å². The fourth-order valence-electron chi connectivity index (χ4n) is 4.19. The van der Waals surface area contributed by atoms with E-state index in [4.69, 9.17) is 0 Å². The molecule has 0 amide bonds. The molecular formula is C23H29NO2. The summed E-state index contributed by atoms with van der Waals surface area (Å²) in [6, 6.07) is 17.1. The lowest BCUT2D eigenvalue weighted by Crippen LogP contribution is -2.40. The molecule has 3 heteroatoms. The van der Waals surface area contributed by atoms with Gasteiger partial charge in [-0.1, -0.05) is 50.2 Å².